The summed E-state index contributed by atoms with van der Waals surface area (Å²) in [5, 5.41) is 19.2. The number of nitro benzene ring substituents is 1. The molecule has 0 aliphatic carbocycles. The number of aromatic nitrogens is 1. The van der Waals surface area contributed by atoms with Gasteiger partial charge in [0.2, 0.25) is 0 Å². The molecule has 0 aliphatic rings. The molecule has 19 heavy (non-hydrogen) atoms. The molecule has 0 atom stereocenters. The third kappa shape index (κ3) is 2.49. The summed E-state index contributed by atoms with van der Waals surface area (Å²) in [6, 6.07) is 6.31. The number of carbonyl (C=O) groups is 2. The van der Waals surface area contributed by atoms with Crippen LogP contribution >= 0.6 is 0 Å². The van der Waals surface area contributed by atoms with E-state index in [0.29, 0.717) is 0 Å². The van der Waals surface area contributed by atoms with Crippen molar-refractivity contribution < 1.29 is 19.6 Å². The van der Waals surface area contributed by atoms with Crippen LogP contribution in [0.4, 0.5) is 5.69 Å². The second-order valence-corrected chi connectivity index (χ2v) is 3.74. The quantitative estimate of drug-likeness (QED) is 0.494. The highest BCUT2D eigenvalue weighted by Gasteiger charge is 2.15. The molecular formula is C12H8N2O5. The van der Waals surface area contributed by atoms with Crippen LogP contribution in [0.25, 0.3) is 0 Å². The number of hydrogen-bond donors (Lipinski definition) is 2. The van der Waals surface area contributed by atoms with E-state index in [1.165, 1.54) is 36.5 Å². The smallest absolute Gasteiger partial charge is 0.352 e. The number of carbonyl (C=O) groups excluding carboxylic acids is 1. The maximum Gasteiger partial charge on any atom is 0.352 e. The molecule has 7 heteroatoms. The molecule has 0 bridgehead atoms. The average Bonchev–Trinajstić information content (AvgIpc) is 2.87. The van der Waals surface area contributed by atoms with Crippen LogP contribution in [-0.4, -0.2) is 26.8 Å². The molecule has 96 valence electrons. The number of carboxylic acid groups (broad SMARTS) is 1. The van der Waals surface area contributed by atoms with Gasteiger partial charge in [0, 0.05) is 29.5 Å². The highest BCUT2D eigenvalue weighted by atomic mass is 16.6. The number of aromatic carboxylic acids is 1. The van der Waals surface area contributed by atoms with Gasteiger partial charge in [-0.25, -0.2) is 4.79 Å². The van der Waals surface area contributed by atoms with Crippen molar-refractivity contribution in [3.63, 3.8) is 0 Å². The summed E-state index contributed by atoms with van der Waals surface area (Å²) in [7, 11) is 0. The molecule has 0 aliphatic heterocycles. The summed E-state index contributed by atoms with van der Waals surface area (Å²) >= 11 is 0. The molecule has 0 saturated carbocycles. The normalized spacial score (nSPS) is 10.1. The highest BCUT2D eigenvalue weighted by molar-refractivity contribution is 6.09. The molecule has 1 aromatic carbocycles. The molecule has 1 heterocycles. The Labute approximate surface area is 106 Å². The number of carboxylic acids is 1. The topological polar surface area (TPSA) is 113 Å². The van der Waals surface area contributed by atoms with Crippen molar-refractivity contribution in [3.8, 4) is 0 Å². The Morgan fingerprint density at radius 2 is 1.79 bits per heavy atom. The third-order valence-electron chi connectivity index (χ3n) is 2.52. The zero-order chi connectivity index (χ0) is 14.0. The molecule has 2 rings (SSSR count). The average molecular weight is 260 g/mol. The lowest BCUT2D eigenvalue weighted by Gasteiger charge is -1.97. The summed E-state index contributed by atoms with van der Waals surface area (Å²) in [6.45, 7) is 0. The number of ketones is 1. The molecule has 0 spiro atoms. The van der Waals surface area contributed by atoms with E-state index in [1.54, 1.807) is 0 Å². The fourth-order valence-corrected chi connectivity index (χ4v) is 1.55. The summed E-state index contributed by atoms with van der Waals surface area (Å²) in [5.41, 5.74) is 0.231. The first kappa shape index (κ1) is 12.5. The SMILES string of the molecule is O=C(c1ccc([N+](=O)[O-])cc1)c1c[nH]c(C(=O)O)c1. The Bertz CT molecular complexity index is 657. The van der Waals surface area contributed by atoms with Gasteiger partial charge in [0.25, 0.3) is 5.69 Å². The maximum atomic E-state index is 12.0. The minimum atomic E-state index is -1.16. The van der Waals surface area contributed by atoms with E-state index in [-0.39, 0.29) is 22.5 Å². The first-order valence-corrected chi connectivity index (χ1v) is 5.20. The molecule has 1 aromatic heterocycles. The van der Waals surface area contributed by atoms with Crippen LogP contribution in [0.2, 0.25) is 0 Å². The second-order valence-electron chi connectivity index (χ2n) is 3.74. The number of rotatable bonds is 4. The minimum Gasteiger partial charge on any atom is -0.477 e. The van der Waals surface area contributed by atoms with Gasteiger partial charge < -0.3 is 10.1 Å². The van der Waals surface area contributed by atoms with Gasteiger partial charge in [0.15, 0.2) is 5.78 Å². The summed E-state index contributed by atoms with van der Waals surface area (Å²) in [4.78, 5) is 35.0. The van der Waals surface area contributed by atoms with E-state index < -0.39 is 16.7 Å². The van der Waals surface area contributed by atoms with E-state index in [4.69, 9.17) is 5.11 Å². The van der Waals surface area contributed by atoms with Crippen molar-refractivity contribution in [3.05, 3.63) is 63.5 Å². The van der Waals surface area contributed by atoms with Crippen LogP contribution < -0.4 is 0 Å². The molecule has 2 N–H and O–H groups in total. The van der Waals surface area contributed by atoms with E-state index in [9.17, 15) is 19.7 Å². The zero-order valence-electron chi connectivity index (χ0n) is 9.49. The monoisotopic (exact) mass is 260 g/mol. The van der Waals surface area contributed by atoms with Gasteiger partial charge in [-0.05, 0) is 18.2 Å². The molecule has 2 aromatic rings. The van der Waals surface area contributed by atoms with Crippen LogP contribution in [0.3, 0.4) is 0 Å². The lowest BCUT2D eigenvalue weighted by molar-refractivity contribution is -0.384. The third-order valence-corrected chi connectivity index (χ3v) is 2.52. The number of H-pyrrole nitrogens is 1. The Morgan fingerprint density at radius 1 is 1.16 bits per heavy atom. The van der Waals surface area contributed by atoms with Crippen LogP contribution in [0.1, 0.15) is 26.4 Å². The predicted molar refractivity (Wildman–Crippen MR) is 64.3 cm³/mol. The Balaban J connectivity index is 2.27. The van der Waals surface area contributed by atoms with Crippen molar-refractivity contribution in [1.29, 1.82) is 0 Å². The second kappa shape index (κ2) is 4.73. The lowest BCUT2D eigenvalue weighted by Crippen LogP contribution is -2.00. The Morgan fingerprint density at radius 3 is 2.26 bits per heavy atom. The number of nitro groups is 1. The van der Waals surface area contributed by atoms with Gasteiger partial charge in [-0.15, -0.1) is 0 Å². The molecular weight excluding hydrogens is 252 g/mol. The van der Waals surface area contributed by atoms with E-state index >= 15 is 0 Å². The first-order valence-electron chi connectivity index (χ1n) is 5.20. The fourth-order valence-electron chi connectivity index (χ4n) is 1.55. The van der Waals surface area contributed by atoms with E-state index in [1.807, 2.05) is 0 Å². The Hall–Kier alpha value is -2.96. The summed E-state index contributed by atoms with van der Waals surface area (Å²) in [5.74, 6) is -1.57. The zero-order valence-corrected chi connectivity index (χ0v) is 9.49. The fraction of sp³-hybridized carbons (Fsp3) is 0. The molecule has 0 saturated heterocycles. The van der Waals surface area contributed by atoms with Gasteiger partial charge in [-0.2, -0.15) is 0 Å². The molecule has 0 fully saturated rings. The number of nitrogens with one attached hydrogen (secondary N) is 1. The number of non-ortho nitro benzene ring substituents is 1. The van der Waals surface area contributed by atoms with Gasteiger partial charge in [0.05, 0.1) is 4.92 Å². The number of hydrogen-bond acceptors (Lipinski definition) is 4. The van der Waals surface area contributed by atoms with Crippen molar-refractivity contribution in [2.24, 2.45) is 0 Å². The standard InChI is InChI=1S/C12H8N2O5/c15-11(8-5-10(12(16)17)13-6-8)7-1-3-9(4-2-7)14(18)19/h1-6,13H,(H,16,17). The van der Waals surface area contributed by atoms with Crippen molar-refractivity contribution >= 4 is 17.4 Å². The van der Waals surface area contributed by atoms with Crippen LogP contribution in [0.5, 0.6) is 0 Å². The van der Waals surface area contributed by atoms with E-state index in [0.717, 1.165) is 0 Å². The number of nitrogens with zero attached hydrogens (tertiary/aromatic N) is 1. The van der Waals surface area contributed by atoms with Gasteiger partial charge >= 0.3 is 5.97 Å². The van der Waals surface area contributed by atoms with Crippen LogP contribution in [-0.2, 0) is 0 Å². The van der Waals surface area contributed by atoms with Crippen LogP contribution in [0, 0.1) is 10.1 Å². The molecule has 0 amide bonds. The van der Waals surface area contributed by atoms with Gasteiger partial charge in [-0.1, -0.05) is 0 Å². The Kier molecular flexibility index (Phi) is 3.11. The minimum absolute atomic E-state index is 0.0924. The number of benzene rings is 1. The lowest BCUT2D eigenvalue weighted by atomic mass is 10.1. The highest BCUT2D eigenvalue weighted by Crippen LogP contribution is 2.16. The molecule has 7 nitrogen and oxygen atoms in total. The molecule has 0 unspecified atom stereocenters. The summed E-state index contributed by atoms with van der Waals surface area (Å²) < 4.78 is 0. The number of aromatic amines is 1. The van der Waals surface area contributed by atoms with Gasteiger partial charge in [0.1, 0.15) is 5.69 Å². The van der Waals surface area contributed by atoms with Crippen molar-refractivity contribution in [2.75, 3.05) is 0 Å². The maximum absolute atomic E-state index is 12.0. The van der Waals surface area contributed by atoms with Crippen LogP contribution in [0.15, 0.2) is 36.5 Å². The van der Waals surface area contributed by atoms with Crippen molar-refractivity contribution in [1.82, 2.24) is 4.98 Å². The van der Waals surface area contributed by atoms with E-state index in [2.05, 4.69) is 4.98 Å². The predicted octanol–water partition coefficient (Wildman–Crippen LogP) is 1.85. The van der Waals surface area contributed by atoms with Crippen molar-refractivity contribution in [2.45, 2.75) is 0 Å². The molecule has 0 radical (unpaired) electrons. The van der Waals surface area contributed by atoms with Gasteiger partial charge in [-0.3, -0.25) is 14.9 Å². The first-order chi connectivity index (χ1) is 8.99. The summed E-state index contributed by atoms with van der Waals surface area (Å²) in [6.07, 6.45) is 1.28. The largest absolute Gasteiger partial charge is 0.477 e.